The molecule has 1 unspecified atom stereocenters. The van der Waals surface area contributed by atoms with E-state index < -0.39 is 0 Å². The van der Waals surface area contributed by atoms with Crippen molar-refractivity contribution in [3.63, 3.8) is 0 Å². The third-order valence-electron chi connectivity index (χ3n) is 3.12. The lowest BCUT2D eigenvalue weighted by atomic mass is 10.2. The molecule has 1 aromatic heterocycles. The molecule has 2 aliphatic rings. The summed E-state index contributed by atoms with van der Waals surface area (Å²) in [7, 11) is 0. The summed E-state index contributed by atoms with van der Waals surface area (Å²) in [5.74, 6) is 0.302. The molecule has 2 heterocycles. The average molecular weight is 238 g/mol. The van der Waals surface area contributed by atoms with Gasteiger partial charge in [-0.3, -0.25) is 4.79 Å². The van der Waals surface area contributed by atoms with Crippen LogP contribution in [0.1, 0.15) is 25.0 Å². The van der Waals surface area contributed by atoms with E-state index >= 15 is 0 Å². The van der Waals surface area contributed by atoms with Crippen LogP contribution in [0.4, 0.5) is 0 Å². The molecule has 1 amide bonds. The zero-order valence-corrected chi connectivity index (χ0v) is 9.74. The number of nitrogens with zero attached hydrogens (tertiary/aromatic N) is 3. The second-order valence-corrected chi connectivity index (χ2v) is 5.07. The molecule has 86 valence electrons. The van der Waals surface area contributed by atoms with E-state index in [-0.39, 0.29) is 6.04 Å². The Morgan fingerprint density at radius 2 is 2.44 bits per heavy atom. The molecule has 0 spiro atoms. The highest BCUT2D eigenvalue weighted by molar-refractivity contribution is 7.03. The molecule has 1 saturated heterocycles. The third-order valence-corrected chi connectivity index (χ3v) is 3.68. The van der Waals surface area contributed by atoms with Crippen LogP contribution in [-0.4, -0.2) is 39.0 Å². The van der Waals surface area contributed by atoms with Crippen LogP contribution >= 0.6 is 11.5 Å². The zero-order chi connectivity index (χ0) is 11.0. The summed E-state index contributed by atoms with van der Waals surface area (Å²) < 4.78 is 3.81. The van der Waals surface area contributed by atoms with E-state index in [9.17, 15) is 4.79 Å². The number of carbonyl (C=O) groups is 1. The summed E-state index contributed by atoms with van der Waals surface area (Å²) in [4.78, 5) is 13.7. The number of nitrogens with one attached hydrogen (secondary N) is 1. The normalized spacial score (nSPS) is 25.4. The zero-order valence-electron chi connectivity index (χ0n) is 8.93. The molecule has 1 atom stereocenters. The Kier molecular flexibility index (Phi) is 2.61. The molecule has 1 aliphatic heterocycles. The van der Waals surface area contributed by atoms with Crippen LogP contribution in [0.5, 0.6) is 0 Å². The highest BCUT2D eigenvalue weighted by atomic mass is 32.1. The lowest BCUT2D eigenvalue weighted by molar-refractivity contribution is -0.128. The van der Waals surface area contributed by atoms with Gasteiger partial charge in [0.15, 0.2) is 0 Å². The molecule has 5 nitrogen and oxygen atoms in total. The van der Waals surface area contributed by atoms with E-state index in [1.807, 2.05) is 10.3 Å². The minimum Gasteiger partial charge on any atom is -0.338 e. The topological polar surface area (TPSA) is 58.1 Å². The number of carbonyl (C=O) groups excluding carboxylic acids is 1. The molecular formula is C10H14N4OS. The summed E-state index contributed by atoms with van der Waals surface area (Å²) in [5.41, 5.74) is 0.960. The molecule has 1 aliphatic carbocycles. The largest absolute Gasteiger partial charge is 0.338 e. The van der Waals surface area contributed by atoms with E-state index in [4.69, 9.17) is 0 Å². The Balaban J connectivity index is 1.51. The molecule has 16 heavy (non-hydrogen) atoms. The van der Waals surface area contributed by atoms with Gasteiger partial charge in [-0.25, -0.2) is 0 Å². The van der Waals surface area contributed by atoms with Gasteiger partial charge >= 0.3 is 0 Å². The van der Waals surface area contributed by atoms with Gasteiger partial charge in [-0.15, -0.1) is 5.10 Å². The second-order valence-electron chi connectivity index (χ2n) is 4.46. The first kappa shape index (κ1) is 10.2. The summed E-state index contributed by atoms with van der Waals surface area (Å²) >= 11 is 1.36. The van der Waals surface area contributed by atoms with Gasteiger partial charge in [0.1, 0.15) is 0 Å². The molecule has 0 radical (unpaired) electrons. The van der Waals surface area contributed by atoms with Crippen molar-refractivity contribution in [2.75, 3.05) is 6.54 Å². The Bertz CT molecular complexity index is 376. The maximum Gasteiger partial charge on any atom is 0.224 e. The summed E-state index contributed by atoms with van der Waals surface area (Å²) in [6.07, 6.45) is 3.01. The predicted octanol–water partition coefficient (Wildman–Crippen LogP) is 0.391. The Labute approximate surface area is 98.0 Å². The number of rotatable bonds is 4. The van der Waals surface area contributed by atoms with Crippen molar-refractivity contribution < 1.29 is 4.79 Å². The van der Waals surface area contributed by atoms with Crippen LogP contribution in [0.2, 0.25) is 0 Å². The quantitative estimate of drug-likeness (QED) is 0.824. The summed E-state index contributed by atoms with van der Waals surface area (Å²) in [6.45, 7) is 1.58. The molecule has 2 fully saturated rings. The van der Waals surface area contributed by atoms with Gasteiger partial charge in [-0.2, -0.15) is 0 Å². The van der Waals surface area contributed by atoms with E-state index in [1.54, 1.807) is 0 Å². The fourth-order valence-corrected chi connectivity index (χ4v) is 2.57. The van der Waals surface area contributed by atoms with Crippen molar-refractivity contribution in [3.05, 3.63) is 11.1 Å². The molecular weight excluding hydrogens is 224 g/mol. The lowest BCUT2D eigenvalue weighted by Crippen LogP contribution is -2.33. The molecule has 6 heteroatoms. The van der Waals surface area contributed by atoms with Crippen molar-refractivity contribution in [2.45, 2.75) is 37.9 Å². The monoisotopic (exact) mass is 238 g/mol. The van der Waals surface area contributed by atoms with Gasteiger partial charge in [0.25, 0.3) is 0 Å². The number of aromatic nitrogens is 2. The highest BCUT2D eigenvalue weighted by Gasteiger charge is 2.38. The number of hydrogen-bond donors (Lipinski definition) is 1. The van der Waals surface area contributed by atoms with Gasteiger partial charge < -0.3 is 10.2 Å². The molecule has 0 aromatic carbocycles. The van der Waals surface area contributed by atoms with Crippen LogP contribution in [0.15, 0.2) is 5.38 Å². The highest BCUT2D eigenvalue weighted by Crippen LogP contribution is 2.30. The fraction of sp³-hybridized carbons (Fsp3) is 0.700. The fourth-order valence-electron chi connectivity index (χ4n) is 2.12. The smallest absolute Gasteiger partial charge is 0.224 e. The van der Waals surface area contributed by atoms with Gasteiger partial charge in [0.05, 0.1) is 5.69 Å². The maximum absolute atomic E-state index is 11.7. The van der Waals surface area contributed by atoms with E-state index in [0.717, 1.165) is 12.2 Å². The first-order valence-electron chi connectivity index (χ1n) is 5.62. The third kappa shape index (κ3) is 2.08. The van der Waals surface area contributed by atoms with E-state index in [0.29, 0.717) is 24.9 Å². The number of hydrogen-bond acceptors (Lipinski definition) is 5. The van der Waals surface area contributed by atoms with Crippen molar-refractivity contribution in [2.24, 2.45) is 0 Å². The van der Waals surface area contributed by atoms with Crippen LogP contribution in [0, 0.1) is 0 Å². The maximum atomic E-state index is 11.7. The molecule has 3 rings (SSSR count). The Hall–Kier alpha value is -1.01. The lowest BCUT2D eigenvalue weighted by Gasteiger charge is -2.15. The van der Waals surface area contributed by atoms with E-state index in [2.05, 4.69) is 14.9 Å². The van der Waals surface area contributed by atoms with Crippen LogP contribution in [0.3, 0.4) is 0 Å². The minimum absolute atomic E-state index is 0.287. The standard InChI is InChI=1S/C10H14N4OS/c15-10-3-7(5-14(10)9-1-2-9)11-4-8-6-16-13-12-8/h6-7,9,11H,1-5H2. The van der Waals surface area contributed by atoms with Crippen LogP contribution < -0.4 is 5.32 Å². The van der Waals surface area contributed by atoms with Crippen LogP contribution in [0.25, 0.3) is 0 Å². The van der Waals surface area contributed by atoms with Gasteiger partial charge in [-0.1, -0.05) is 4.49 Å². The molecule has 1 saturated carbocycles. The number of amides is 1. The summed E-state index contributed by atoms with van der Waals surface area (Å²) in [6, 6.07) is 0.829. The van der Waals surface area contributed by atoms with Crippen LogP contribution in [-0.2, 0) is 11.3 Å². The first-order chi connectivity index (χ1) is 7.83. The SMILES string of the molecule is O=C1CC(NCc2csnn2)CN1C1CC1. The Morgan fingerprint density at radius 3 is 3.12 bits per heavy atom. The van der Waals surface area contributed by atoms with Gasteiger partial charge in [-0.05, 0) is 24.4 Å². The number of likely N-dealkylation sites (tertiary alicyclic amines) is 1. The van der Waals surface area contributed by atoms with Gasteiger partial charge in [0, 0.05) is 37.0 Å². The molecule has 0 bridgehead atoms. The molecule has 1 N–H and O–H groups in total. The van der Waals surface area contributed by atoms with Crippen molar-refractivity contribution in [1.29, 1.82) is 0 Å². The molecule has 1 aromatic rings. The Morgan fingerprint density at radius 1 is 1.56 bits per heavy atom. The first-order valence-corrected chi connectivity index (χ1v) is 6.45. The van der Waals surface area contributed by atoms with E-state index in [1.165, 1.54) is 24.4 Å². The van der Waals surface area contributed by atoms with Crippen molar-refractivity contribution in [3.8, 4) is 0 Å². The van der Waals surface area contributed by atoms with Crippen molar-refractivity contribution in [1.82, 2.24) is 19.8 Å². The second kappa shape index (κ2) is 4.10. The van der Waals surface area contributed by atoms with Gasteiger partial charge in [0.2, 0.25) is 5.91 Å². The van der Waals surface area contributed by atoms with Crippen molar-refractivity contribution >= 4 is 17.4 Å². The summed E-state index contributed by atoms with van der Waals surface area (Å²) in [5, 5.41) is 9.27. The predicted molar refractivity (Wildman–Crippen MR) is 59.9 cm³/mol. The average Bonchev–Trinajstić information content (AvgIpc) is 2.85. The minimum atomic E-state index is 0.287.